The zero-order valence-electron chi connectivity index (χ0n) is 8.94. The second-order valence-electron chi connectivity index (χ2n) is 3.28. The van der Waals surface area contributed by atoms with Gasteiger partial charge in [0.2, 0.25) is 0 Å². The lowest BCUT2D eigenvalue weighted by Gasteiger charge is -2.01. The van der Waals surface area contributed by atoms with E-state index in [9.17, 15) is 4.79 Å². The number of aryl methyl sites for hydroxylation is 1. The van der Waals surface area contributed by atoms with Gasteiger partial charge in [0.1, 0.15) is 9.90 Å². The summed E-state index contributed by atoms with van der Waals surface area (Å²) in [5, 5.41) is 2.96. The minimum Gasteiger partial charge on any atom is -0.383 e. The lowest BCUT2D eigenvalue weighted by molar-refractivity contribution is 1.37. The quantitative estimate of drug-likeness (QED) is 0.862. The van der Waals surface area contributed by atoms with Crippen LogP contribution in [-0.4, -0.2) is 7.05 Å². The molecule has 0 aliphatic heterocycles. The Balaban J connectivity index is 2.27. The minimum absolute atomic E-state index is 0.113. The second-order valence-corrected chi connectivity index (χ2v) is 6.74. The number of benzene rings is 1. The molecular weight excluding hydrogens is 258 g/mol. The Bertz CT molecular complexity index is 527. The molecule has 0 unspecified atom stereocenters. The van der Waals surface area contributed by atoms with Crippen LogP contribution in [0.5, 0.6) is 0 Å². The molecule has 16 heavy (non-hydrogen) atoms. The first-order chi connectivity index (χ1) is 7.70. The Hall–Kier alpha value is -0.780. The molecule has 0 aliphatic carbocycles. The topological polar surface area (TPSA) is 29.1 Å². The van der Waals surface area contributed by atoms with Gasteiger partial charge in [-0.2, -0.15) is 0 Å². The van der Waals surface area contributed by atoms with Crippen LogP contribution in [0.4, 0.5) is 5.69 Å². The Morgan fingerprint density at radius 3 is 2.50 bits per heavy atom. The maximum atomic E-state index is 11.5. The standard InChI is InChI=1S/C11H11NOS3/c1-7-3-5-8(6-4-7)14-11-9(12-2)10(13)15-16-11/h3-6,12H,1-2H3. The summed E-state index contributed by atoms with van der Waals surface area (Å²) in [7, 11) is 4.60. The normalized spacial score (nSPS) is 10.4. The highest BCUT2D eigenvalue weighted by molar-refractivity contribution is 8.03. The van der Waals surface area contributed by atoms with Gasteiger partial charge in [-0.3, -0.25) is 4.79 Å². The first kappa shape index (κ1) is 11.7. The molecule has 0 saturated heterocycles. The molecule has 0 fully saturated rings. The van der Waals surface area contributed by atoms with E-state index in [4.69, 9.17) is 0 Å². The van der Waals surface area contributed by atoms with Crippen molar-refractivity contribution in [2.45, 2.75) is 16.0 Å². The molecule has 0 atom stereocenters. The Kier molecular flexibility index (Phi) is 3.68. The number of nitrogens with one attached hydrogen (secondary N) is 1. The summed E-state index contributed by atoms with van der Waals surface area (Å²) in [4.78, 5) is 12.6. The van der Waals surface area contributed by atoms with Crippen molar-refractivity contribution in [1.29, 1.82) is 0 Å². The van der Waals surface area contributed by atoms with Crippen LogP contribution in [0.15, 0.2) is 38.2 Å². The smallest absolute Gasteiger partial charge is 0.267 e. The van der Waals surface area contributed by atoms with E-state index in [1.54, 1.807) is 18.8 Å². The van der Waals surface area contributed by atoms with Gasteiger partial charge in [-0.1, -0.05) is 39.8 Å². The van der Waals surface area contributed by atoms with Crippen LogP contribution in [0.1, 0.15) is 5.56 Å². The average molecular weight is 269 g/mol. The summed E-state index contributed by atoms with van der Waals surface area (Å²) in [6.45, 7) is 2.07. The molecule has 1 aromatic heterocycles. The van der Waals surface area contributed by atoms with Crippen LogP contribution in [-0.2, 0) is 0 Å². The highest BCUT2D eigenvalue weighted by atomic mass is 32.9. The molecule has 2 nitrogen and oxygen atoms in total. The Morgan fingerprint density at radius 2 is 1.88 bits per heavy atom. The summed E-state index contributed by atoms with van der Waals surface area (Å²) in [5.74, 6) is 0. The summed E-state index contributed by atoms with van der Waals surface area (Å²) in [6.07, 6.45) is 0. The van der Waals surface area contributed by atoms with Gasteiger partial charge in [-0.15, -0.1) is 0 Å². The summed E-state index contributed by atoms with van der Waals surface area (Å²) in [5.41, 5.74) is 1.97. The van der Waals surface area contributed by atoms with Crippen LogP contribution in [0.2, 0.25) is 0 Å². The third kappa shape index (κ3) is 2.48. The molecule has 2 aromatic rings. The molecule has 0 spiro atoms. The van der Waals surface area contributed by atoms with Gasteiger partial charge >= 0.3 is 0 Å². The summed E-state index contributed by atoms with van der Waals surface area (Å²) in [6, 6.07) is 8.32. The van der Waals surface area contributed by atoms with Gasteiger partial charge in [-0.25, -0.2) is 0 Å². The highest BCUT2D eigenvalue weighted by Crippen LogP contribution is 2.37. The number of hydrogen-bond donors (Lipinski definition) is 1. The lowest BCUT2D eigenvalue weighted by Crippen LogP contribution is -1.99. The van der Waals surface area contributed by atoms with E-state index in [0.717, 1.165) is 14.8 Å². The highest BCUT2D eigenvalue weighted by Gasteiger charge is 2.10. The average Bonchev–Trinajstić information content (AvgIpc) is 2.63. The largest absolute Gasteiger partial charge is 0.383 e. The Labute approximate surface area is 106 Å². The number of anilines is 1. The van der Waals surface area contributed by atoms with Crippen molar-refractivity contribution in [3.63, 3.8) is 0 Å². The lowest BCUT2D eigenvalue weighted by atomic mass is 10.2. The molecule has 84 valence electrons. The van der Waals surface area contributed by atoms with E-state index in [1.807, 2.05) is 0 Å². The number of hydrogen-bond acceptors (Lipinski definition) is 5. The minimum atomic E-state index is 0.113. The van der Waals surface area contributed by atoms with Gasteiger partial charge in [0, 0.05) is 11.9 Å². The molecule has 0 saturated carbocycles. The van der Waals surface area contributed by atoms with E-state index >= 15 is 0 Å². The summed E-state index contributed by atoms with van der Waals surface area (Å²) >= 11 is 1.63. The molecule has 5 heteroatoms. The third-order valence-electron chi connectivity index (χ3n) is 2.08. The molecule has 0 amide bonds. The van der Waals surface area contributed by atoms with E-state index in [0.29, 0.717) is 0 Å². The van der Waals surface area contributed by atoms with Crippen LogP contribution in [0.25, 0.3) is 0 Å². The van der Waals surface area contributed by atoms with Crippen molar-refractivity contribution in [2.24, 2.45) is 0 Å². The zero-order chi connectivity index (χ0) is 11.5. The van der Waals surface area contributed by atoms with Crippen molar-refractivity contribution in [2.75, 3.05) is 12.4 Å². The van der Waals surface area contributed by atoms with E-state index in [-0.39, 0.29) is 4.74 Å². The number of rotatable bonds is 3. The molecule has 0 bridgehead atoms. The van der Waals surface area contributed by atoms with Crippen LogP contribution >= 0.6 is 32.4 Å². The van der Waals surface area contributed by atoms with Crippen LogP contribution < -0.4 is 10.1 Å². The van der Waals surface area contributed by atoms with Gasteiger partial charge < -0.3 is 5.32 Å². The molecule has 0 aliphatic rings. The first-order valence-corrected chi connectivity index (χ1v) is 7.72. The monoisotopic (exact) mass is 269 g/mol. The molecule has 1 aromatic carbocycles. The fraction of sp³-hybridized carbons (Fsp3) is 0.182. The van der Waals surface area contributed by atoms with Crippen molar-refractivity contribution in [1.82, 2.24) is 0 Å². The van der Waals surface area contributed by atoms with Gasteiger partial charge in [0.05, 0.1) is 0 Å². The fourth-order valence-electron chi connectivity index (χ4n) is 1.23. The van der Waals surface area contributed by atoms with Crippen molar-refractivity contribution < 1.29 is 0 Å². The predicted octanol–water partition coefficient (Wildman–Crippen LogP) is 3.67. The van der Waals surface area contributed by atoms with Crippen LogP contribution in [0, 0.1) is 6.92 Å². The molecule has 1 N–H and O–H groups in total. The predicted molar refractivity (Wildman–Crippen MR) is 73.3 cm³/mol. The third-order valence-corrected chi connectivity index (χ3v) is 5.80. The molecule has 0 radical (unpaired) electrons. The van der Waals surface area contributed by atoms with E-state index in [2.05, 4.69) is 36.5 Å². The second kappa shape index (κ2) is 5.03. The van der Waals surface area contributed by atoms with Crippen molar-refractivity contribution in [3.8, 4) is 0 Å². The Morgan fingerprint density at radius 1 is 1.19 bits per heavy atom. The maximum absolute atomic E-state index is 11.5. The fourth-order valence-corrected chi connectivity index (χ4v) is 4.85. The molecular formula is C11H11NOS3. The van der Waals surface area contributed by atoms with Crippen molar-refractivity contribution >= 4 is 38.1 Å². The van der Waals surface area contributed by atoms with Gasteiger partial charge in [-0.05, 0) is 29.4 Å². The molecule has 2 rings (SSSR count). The SMILES string of the molecule is CNc1c(Sc2ccc(C)cc2)ssc1=O. The van der Waals surface area contributed by atoms with E-state index < -0.39 is 0 Å². The van der Waals surface area contributed by atoms with Gasteiger partial charge in [0.25, 0.3) is 4.74 Å². The van der Waals surface area contributed by atoms with Gasteiger partial charge in [0.15, 0.2) is 0 Å². The zero-order valence-corrected chi connectivity index (χ0v) is 11.4. The maximum Gasteiger partial charge on any atom is 0.267 e. The first-order valence-electron chi connectivity index (χ1n) is 4.76. The summed E-state index contributed by atoms with van der Waals surface area (Å²) < 4.78 is 1.16. The van der Waals surface area contributed by atoms with Crippen LogP contribution in [0.3, 0.4) is 0 Å². The van der Waals surface area contributed by atoms with Crippen molar-refractivity contribution in [3.05, 3.63) is 39.4 Å². The van der Waals surface area contributed by atoms with E-state index in [1.165, 1.54) is 26.2 Å². The molecule has 1 heterocycles.